The quantitative estimate of drug-likeness (QED) is 0.760. The number of aromatic amines is 1. The molecular formula is C17H11F3N2O3. The molecule has 1 aromatic carbocycles. The number of benzene rings is 1. The van der Waals surface area contributed by atoms with Crippen LogP contribution in [0.1, 0.15) is 15.9 Å². The number of carboxylic acids is 1. The summed E-state index contributed by atoms with van der Waals surface area (Å²) in [7, 11) is 0. The maximum Gasteiger partial charge on any atom is 0.416 e. The minimum atomic E-state index is -4.57. The van der Waals surface area contributed by atoms with Crippen LogP contribution in [0.15, 0.2) is 59.7 Å². The van der Waals surface area contributed by atoms with Gasteiger partial charge in [0.15, 0.2) is 0 Å². The second kappa shape index (κ2) is 5.97. The van der Waals surface area contributed by atoms with Crippen molar-refractivity contribution in [1.29, 1.82) is 0 Å². The summed E-state index contributed by atoms with van der Waals surface area (Å²) in [6, 6.07) is 8.73. The smallest absolute Gasteiger partial charge is 0.416 e. The van der Waals surface area contributed by atoms with Crippen molar-refractivity contribution in [2.24, 2.45) is 0 Å². The lowest BCUT2D eigenvalue weighted by atomic mass is 10.1. The van der Waals surface area contributed by atoms with Gasteiger partial charge >= 0.3 is 12.1 Å². The van der Waals surface area contributed by atoms with Crippen LogP contribution in [0, 0.1) is 0 Å². The summed E-state index contributed by atoms with van der Waals surface area (Å²) in [6.45, 7) is 0. The lowest BCUT2D eigenvalue weighted by molar-refractivity contribution is -0.137. The SMILES string of the molecule is O=C(O)c1c(-c2ccc[nH]2)ccn(-c2cccc(C(F)(F)F)c2)c1=O. The number of halogens is 3. The van der Waals surface area contributed by atoms with Gasteiger partial charge in [-0.1, -0.05) is 6.07 Å². The number of alkyl halides is 3. The van der Waals surface area contributed by atoms with E-state index in [0.29, 0.717) is 5.69 Å². The molecule has 3 aromatic rings. The van der Waals surface area contributed by atoms with Crippen molar-refractivity contribution in [2.45, 2.75) is 6.18 Å². The lowest BCUT2D eigenvalue weighted by Crippen LogP contribution is -2.26. The number of aromatic carboxylic acids is 1. The predicted molar refractivity (Wildman–Crippen MR) is 83.8 cm³/mol. The summed E-state index contributed by atoms with van der Waals surface area (Å²) < 4.78 is 39.4. The van der Waals surface area contributed by atoms with E-state index < -0.39 is 28.8 Å². The van der Waals surface area contributed by atoms with Crippen LogP contribution in [-0.2, 0) is 6.18 Å². The zero-order valence-electron chi connectivity index (χ0n) is 12.5. The van der Waals surface area contributed by atoms with Crippen molar-refractivity contribution >= 4 is 5.97 Å². The molecule has 0 radical (unpaired) electrons. The Kier molecular flexibility index (Phi) is 3.96. The topological polar surface area (TPSA) is 75.1 Å². The molecule has 128 valence electrons. The van der Waals surface area contributed by atoms with Crippen LogP contribution >= 0.6 is 0 Å². The highest BCUT2D eigenvalue weighted by atomic mass is 19.4. The van der Waals surface area contributed by atoms with E-state index in [-0.39, 0.29) is 11.3 Å². The molecule has 0 aliphatic rings. The largest absolute Gasteiger partial charge is 0.477 e. The van der Waals surface area contributed by atoms with Crippen molar-refractivity contribution in [3.8, 4) is 16.9 Å². The summed E-state index contributed by atoms with van der Waals surface area (Å²) >= 11 is 0. The molecule has 0 amide bonds. The normalized spacial score (nSPS) is 11.5. The molecule has 0 saturated heterocycles. The van der Waals surface area contributed by atoms with Gasteiger partial charge < -0.3 is 10.1 Å². The third-order valence-corrected chi connectivity index (χ3v) is 3.65. The minimum absolute atomic E-state index is 0.0691. The molecule has 2 aromatic heterocycles. The van der Waals surface area contributed by atoms with E-state index >= 15 is 0 Å². The first kappa shape index (κ1) is 16.6. The highest BCUT2D eigenvalue weighted by Gasteiger charge is 2.30. The summed E-state index contributed by atoms with van der Waals surface area (Å²) in [5, 5.41) is 9.39. The van der Waals surface area contributed by atoms with Gasteiger partial charge in [-0.05, 0) is 36.4 Å². The van der Waals surface area contributed by atoms with E-state index in [1.54, 1.807) is 18.3 Å². The van der Waals surface area contributed by atoms with E-state index in [9.17, 15) is 27.9 Å². The average molecular weight is 348 g/mol. The van der Waals surface area contributed by atoms with Gasteiger partial charge in [-0.2, -0.15) is 13.2 Å². The van der Waals surface area contributed by atoms with Crippen LogP contribution < -0.4 is 5.56 Å². The molecule has 0 bridgehead atoms. The molecule has 0 aliphatic carbocycles. The van der Waals surface area contributed by atoms with Crippen LogP contribution in [0.25, 0.3) is 16.9 Å². The number of hydrogen-bond acceptors (Lipinski definition) is 2. The van der Waals surface area contributed by atoms with E-state index in [4.69, 9.17) is 0 Å². The van der Waals surface area contributed by atoms with Crippen molar-refractivity contribution in [1.82, 2.24) is 9.55 Å². The van der Waals surface area contributed by atoms with Crippen molar-refractivity contribution in [3.63, 3.8) is 0 Å². The fraction of sp³-hybridized carbons (Fsp3) is 0.0588. The number of carbonyl (C=O) groups is 1. The van der Waals surface area contributed by atoms with Gasteiger partial charge in [-0.25, -0.2) is 4.79 Å². The predicted octanol–water partition coefficient (Wildman–Crippen LogP) is 3.55. The fourth-order valence-electron chi connectivity index (χ4n) is 2.50. The van der Waals surface area contributed by atoms with E-state index in [1.165, 1.54) is 18.3 Å². The second-order valence-electron chi connectivity index (χ2n) is 5.22. The van der Waals surface area contributed by atoms with Crippen LogP contribution in [0.2, 0.25) is 0 Å². The molecule has 0 spiro atoms. The third-order valence-electron chi connectivity index (χ3n) is 3.65. The number of rotatable bonds is 3. The van der Waals surface area contributed by atoms with Crippen LogP contribution in [-0.4, -0.2) is 20.6 Å². The summed E-state index contributed by atoms with van der Waals surface area (Å²) in [4.78, 5) is 26.9. The number of nitrogens with one attached hydrogen (secondary N) is 1. The summed E-state index contributed by atoms with van der Waals surface area (Å²) in [5.41, 5.74) is -1.86. The van der Waals surface area contributed by atoms with Gasteiger partial charge in [0.1, 0.15) is 5.56 Å². The summed E-state index contributed by atoms with van der Waals surface area (Å²) in [5.74, 6) is -1.46. The number of pyridine rings is 1. The van der Waals surface area contributed by atoms with Gasteiger partial charge in [0.2, 0.25) is 0 Å². The first-order chi connectivity index (χ1) is 11.8. The highest BCUT2D eigenvalue weighted by molar-refractivity contribution is 5.95. The Morgan fingerprint density at radius 1 is 1.12 bits per heavy atom. The van der Waals surface area contributed by atoms with E-state index in [0.717, 1.165) is 22.8 Å². The lowest BCUT2D eigenvalue weighted by Gasteiger charge is -2.12. The average Bonchev–Trinajstić information content (AvgIpc) is 3.07. The van der Waals surface area contributed by atoms with Crippen molar-refractivity contribution in [2.75, 3.05) is 0 Å². The Morgan fingerprint density at radius 2 is 1.88 bits per heavy atom. The Hall–Kier alpha value is -3.29. The zero-order valence-corrected chi connectivity index (χ0v) is 12.5. The standard InChI is InChI=1S/C17H11F3N2O3/c18-17(19,20)10-3-1-4-11(9-10)22-8-6-12(13-5-2-7-21-13)14(15(22)23)16(24)25/h1-9,21H,(H,24,25). The van der Waals surface area contributed by atoms with Crippen LogP contribution in [0.5, 0.6) is 0 Å². The van der Waals surface area contributed by atoms with E-state index in [1.807, 2.05) is 0 Å². The monoisotopic (exact) mass is 348 g/mol. The van der Waals surface area contributed by atoms with Gasteiger partial charge in [0, 0.05) is 29.3 Å². The maximum atomic E-state index is 12.9. The fourth-order valence-corrected chi connectivity index (χ4v) is 2.50. The number of aromatic nitrogens is 2. The molecule has 0 saturated carbocycles. The molecular weight excluding hydrogens is 337 g/mol. The number of H-pyrrole nitrogens is 1. The molecule has 0 atom stereocenters. The van der Waals surface area contributed by atoms with Gasteiger partial charge in [-0.15, -0.1) is 0 Å². The molecule has 2 heterocycles. The molecule has 5 nitrogen and oxygen atoms in total. The molecule has 25 heavy (non-hydrogen) atoms. The number of nitrogens with zero attached hydrogens (tertiary/aromatic N) is 1. The van der Waals surface area contributed by atoms with Crippen molar-refractivity contribution < 1.29 is 23.1 Å². The Labute approximate surface area is 139 Å². The molecule has 0 aliphatic heterocycles. The van der Waals surface area contributed by atoms with Crippen molar-refractivity contribution in [3.05, 3.63) is 76.3 Å². The van der Waals surface area contributed by atoms with Gasteiger partial charge in [0.25, 0.3) is 5.56 Å². The van der Waals surface area contributed by atoms with Crippen LogP contribution in [0.4, 0.5) is 13.2 Å². The summed E-state index contributed by atoms with van der Waals surface area (Å²) in [6.07, 6.45) is -1.75. The molecule has 0 fully saturated rings. The Balaban J connectivity index is 2.21. The molecule has 8 heteroatoms. The first-order valence-corrected chi connectivity index (χ1v) is 7.09. The van der Waals surface area contributed by atoms with Gasteiger partial charge in [-0.3, -0.25) is 9.36 Å². The zero-order chi connectivity index (χ0) is 18.2. The number of carboxylic acid groups (broad SMARTS) is 1. The Bertz CT molecular complexity index is 989. The third kappa shape index (κ3) is 3.06. The van der Waals surface area contributed by atoms with E-state index in [2.05, 4.69) is 4.98 Å². The molecule has 3 rings (SSSR count). The molecule has 2 N–H and O–H groups in total. The number of hydrogen-bond donors (Lipinski definition) is 2. The highest BCUT2D eigenvalue weighted by Crippen LogP contribution is 2.30. The maximum absolute atomic E-state index is 12.9. The first-order valence-electron chi connectivity index (χ1n) is 7.09. The van der Waals surface area contributed by atoms with Crippen LogP contribution in [0.3, 0.4) is 0 Å². The Morgan fingerprint density at radius 3 is 2.48 bits per heavy atom. The van der Waals surface area contributed by atoms with Gasteiger partial charge in [0.05, 0.1) is 5.56 Å². The second-order valence-corrected chi connectivity index (χ2v) is 5.22. The molecule has 0 unspecified atom stereocenters. The minimum Gasteiger partial charge on any atom is -0.477 e.